The van der Waals surface area contributed by atoms with E-state index in [0.717, 1.165) is 11.3 Å². The number of nitrogens with one attached hydrogen (secondary N) is 2. The van der Waals surface area contributed by atoms with Gasteiger partial charge in [0.25, 0.3) is 0 Å². The highest BCUT2D eigenvalue weighted by atomic mass is 32.2. The number of rotatable bonds is 5. The second-order valence-corrected chi connectivity index (χ2v) is 7.11. The van der Waals surface area contributed by atoms with Gasteiger partial charge in [0.15, 0.2) is 0 Å². The fourth-order valence-corrected chi connectivity index (χ4v) is 3.55. The molecule has 1 unspecified atom stereocenters. The van der Waals surface area contributed by atoms with Gasteiger partial charge in [-0.1, -0.05) is 0 Å². The predicted octanol–water partition coefficient (Wildman–Crippen LogP) is 1.73. The zero-order valence-corrected chi connectivity index (χ0v) is 14.3. The first-order valence-corrected chi connectivity index (χ1v) is 8.57. The van der Waals surface area contributed by atoms with Crippen molar-refractivity contribution in [2.45, 2.75) is 31.7 Å². The smallest absolute Gasteiger partial charge is 0.241 e. The third-order valence-electron chi connectivity index (χ3n) is 3.33. The quantitative estimate of drug-likeness (QED) is 0.869. The Hall–Kier alpha value is -2.19. The highest BCUT2D eigenvalue weighted by molar-refractivity contribution is 7.89. The maximum absolute atomic E-state index is 12.4. The molecule has 0 saturated carbocycles. The molecule has 0 spiro atoms. The Morgan fingerprint density at radius 3 is 2.35 bits per heavy atom. The van der Waals surface area contributed by atoms with Gasteiger partial charge in [0.2, 0.25) is 15.9 Å². The van der Waals surface area contributed by atoms with E-state index in [2.05, 4.69) is 15.1 Å². The number of sulfonamides is 1. The van der Waals surface area contributed by atoms with Crippen LogP contribution in [0.5, 0.6) is 0 Å². The molecular formula is C15H20N4O3S. The molecule has 7 nitrogen and oxygen atoms in total. The molecule has 2 rings (SSSR count). The topological polar surface area (TPSA) is 93.1 Å². The zero-order valence-electron chi connectivity index (χ0n) is 13.5. The van der Waals surface area contributed by atoms with Crippen LogP contribution in [0.1, 0.15) is 31.1 Å². The van der Waals surface area contributed by atoms with E-state index in [4.69, 9.17) is 0 Å². The molecule has 0 bridgehead atoms. The lowest BCUT2D eigenvalue weighted by molar-refractivity contribution is -0.114. The zero-order chi connectivity index (χ0) is 17.2. The third kappa shape index (κ3) is 4.17. The van der Waals surface area contributed by atoms with Crippen molar-refractivity contribution in [1.82, 2.24) is 14.5 Å². The van der Waals surface area contributed by atoms with E-state index >= 15 is 0 Å². The van der Waals surface area contributed by atoms with E-state index < -0.39 is 16.1 Å². The fourth-order valence-electron chi connectivity index (χ4n) is 2.33. The van der Waals surface area contributed by atoms with Crippen LogP contribution in [-0.2, 0) is 21.9 Å². The average Bonchev–Trinajstić information content (AvgIpc) is 2.77. The summed E-state index contributed by atoms with van der Waals surface area (Å²) in [6, 6.07) is 5.61. The van der Waals surface area contributed by atoms with Gasteiger partial charge in [-0.25, -0.2) is 13.1 Å². The monoisotopic (exact) mass is 336 g/mol. The first-order chi connectivity index (χ1) is 10.7. The maximum atomic E-state index is 12.4. The number of benzene rings is 1. The number of carbonyl (C=O) groups excluding carboxylic acids is 1. The molecule has 0 aliphatic rings. The van der Waals surface area contributed by atoms with Crippen molar-refractivity contribution < 1.29 is 13.2 Å². The van der Waals surface area contributed by atoms with Crippen molar-refractivity contribution in [3.8, 4) is 0 Å². The van der Waals surface area contributed by atoms with Crippen molar-refractivity contribution in [2.75, 3.05) is 5.32 Å². The van der Waals surface area contributed by atoms with Crippen molar-refractivity contribution in [3.63, 3.8) is 0 Å². The first-order valence-electron chi connectivity index (χ1n) is 7.09. The molecule has 0 aliphatic heterocycles. The van der Waals surface area contributed by atoms with Crippen molar-refractivity contribution in [3.05, 3.63) is 41.7 Å². The van der Waals surface area contributed by atoms with Gasteiger partial charge in [0.1, 0.15) is 0 Å². The maximum Gasteiger partial charge on any atom is 0.241 e. The minimum absolute atomic E-state index is 0.139. The number of anilines is 1. The SMILES string of the molecule is CC(=O)Nc1ccc(S(=O)(=O)NC(C)c2cn(C)nc2C)cc1. The second kappa shape index (κ2) is 6.51. The Bertz CT molecular complexity index is 810. The first kappa shape index (κ1) is 17.2. The van der Waals surface area contributed by atoms with E-state index in [1.54, 1.807) is 37.0 Å². The van der Waals surface area contributed by atoms with Crippen LogP contribution in [0.2, 0.25) is 0 Å². The molecule has 1 heterocycles. The highest BCUT2D eigenvalue weighted by Gasteiger charge is 2.20. The van der Waals surface area contributed by atoms with Crippen LogP contribution in [0.4, 0.5) is 5.69 Å². The Balaban J connectivity index is 2.18. The molecule has 0 saturated heterocycles. The van der Waals surface area contributed by atoms with Crippen molar-refractivity contribution >= 4 is 21.6 Å². The summed E-state index contributed by atoms with van der Waals surface area (Å²) in [4.78, 5) is 11.1. The van der Waals surface area contributed by atoms with Crippen LogP contribution in [0.3, 0.4) is 0 Å². The van der Waals surface area contributed by atoms with E-state index in [1.807, 2.05) is 6.92 Å². The van der Waals surface area contributed by atoms with Crippen LogP contribution in [0, 0.1) is 6.92 Å². The molecule has 8 heteroatoms. The average molecular weight is 336 g/mol. The summed E-state index contributed by atoms with van der Waals surface area (Å²) in [5.74, 6) is -0.209. The standard InChI is InChI=1S/C15H20N4O3S/c1-10-15(9-19(4)17-10)11(2)18-23(21,22)14-7-5-13(6-8-14)16-12(3)20/h5-9,11,18H,1-4H3,(H,16,20). The molecule has 0 radical (unpaired) electrons. The molecule has 0 aliphatic carbocycles. The van der Waals surface area contributed by atoms with Gasteiger partial charge in [0.05, 0.1) is 10.6 Å². The summed E-state index contributed by atoms with van der Waals surface area (Å²) < 4.78 is 29.2. The van der Waals surface area contributed by atoms with Crippen molar-refractivity contribution in [1.29, 1.82) is 0 Å². The Morgan fingerprint density at radius 1 is 1.26 bits per heavy atom. The lowest BCUT2D eigenvalue weighted by Gasteiger charge is -2.14. The van der Waals surface area contributed by atoms with Crippen LogP contribution in [0.25, 0.3) is 0 Å². The van der Waals surface area contributed by atoms with Gasteiger partial charge in [-0.2, -0.15) is 5.10 Å². The molecule has 124 valence electrons. The van der Waals surface area contributed by atoms with Gasteiger partial charge in [-0.15, -0.1) is 0 Å². The molecule has 1 atom stereocenters. The molecule has 1 aromatic carbocycles. The summed E-state index contributed by atoms with van der Waals surface area (Å²) in [5, 5.41) is 6.81. The Morgan fingerprint density at radius 2 is 1.87 bits per heavy atom. The molecule has 23 heavy (non-hydrogen) atoms. The summed E-state index contributed by atoms with van der Waals surface area (Å²) in [5.41, 5.74) is 2.15. The molecule has 2 N–H and O–H groups in total. The van der Waals surface area contributed by atoms with E-state index in [-0.39, 0.29) is 10.8 Å². The van der Waals surface area contributed by atoms with Gasteiger partial charge in [0, 0.05) is 37.5 Å². The van der Waals surface area contributed by atoms with Crippen LogP contribution in [0.15, 0.2) is 35.4 Å². The minimum atomic E-state index is -3.66. The van der Waals surface area contributed by atoms with E-state index in [9.17, 15) is 13.2 Å². The normalized spacial score (nSPS) is 12.9. The third-order valence-corrected chi connectivity index (χ3v) is 4.89. The van der Waals surface area contributed by atoms with Crippen LogP contribution < -0.4 is 10.0 Å². The predicted molar refractivity (Wildman–Crippen MR) is 87.4 cm³/mol. The lowest BCUT2D eigenvalue weighted by atomic mass is 10.1. The molecule has 0 fully saturated rings. The summed E-state index contributed by atoms with van der Waals surface area (Å²) in [6.45, 7) is 5.00. The molecule has 2 aromatic rings. The Kier molecular flexibility index (Phi) is 4.86. The lowest BCUT2D eigenvalue weighted by Crippen LogP contribution is -2.27. The summed E-state index contributed by atoms with van der Waals surface area (Å²) in [7, 11) is -1.87. The van der Waals surface area contributed by atoms with Crippen LogP contribution >= 0.6 is 0 Å². The number of nitrogens with zero attached hydrogens (tertiary/aromatic N) is 2. The number of aryl methyl sites for hydroxylation is 2. The Labute approximate surface area is 135 Å². The van der Waals surface area contributed by atoms with E-state index in [1.165, 1.54) is 19.1 Å². The van der Waals surface area contributed by atoms with Crippen molar-refractivity contribution in [2.24, 2.45) is 7.05 Å². The second-order valence-electron chi connectivity index (χ2n) is 5.39. The summed E-state index contributed by atoms with van der Waals surface area (Å²) in [6.07, 6.45) is 1.79. The van der Waals surface area contributed by atoms with Gasteiger partial charge in [-0.3, -0.25) is 9.48 Å². The number of amides is 1. The number of carbonyl (C=O) groups is 1. The number of hydrogen-bond donors (Lipinski definition) is 2. The molecule has 1 amide bonds. The summed E-state index contributed by atoms with van der Waals surface area (Å²) >= 11 is 0. The van der Waals surface area contributed by atoms with Gasteiger partial charge in [-0.05, 0) is 38.1 Å². The molecule has 1 aromatic heterocycles. The van der Waals surface area contributed by atoms with E-state index in [0.29, 0.717) is 5.69 Å². The van der Waals surface area contributed by atoms with Crippen LogP contribution in [-0.4, -0.2) is 24.1 Å². The minimum Gasteiger partial charge on any atom is -0.326 e. The largest absolute Gasteiger partial charge is 0.326 e. The van der Waals surface area contributed by atoms with Gasteiger partial charge >= 0.3 is 0 Å². The molecular weight excluding hydrogens is 316 g/mol. The number of hydrogen-bond acceptors (Lipinski definition) is 4. The fraction of sp³-hybridized carbons (Fsp3) is 0.333. The number of aromatic nitrogens is 2. The highest BCUT2D eigenvalue weighted by Crippen LogP contribution is 2.20. The van der Waals surface area contributed by atoms with Gasteiger partial charge < -0.3 is 5.32 Å².